The molecule has 0 heterocycles. The molecule has 22 heavy (non-hydrogen) atoms. The fraction of sp³-hybridized carbons (Fsp3) is 0.250. The Kier molecular flexibility index (Phi) is 7.06. The minimum Gasteiger partial charge on any atom is -0.497 e. The van der Waals surface area contributed by atoms with Crippen LogP contribution in [0.25, 0.3) is 6.08 Å². The number of amides is 1. The lowest BCUT2D eigenvalue weighted by Gasteiger charge is -2.07. The zero-order valence-corrected chi connectivity index (χ0v) is 12.4. The van der Waals surface area contributed by atoms with Gasteiger partial charge in [-0.15, -0.1) is 6.42 Å². The van der Waals surface area contributed by atoms with Gasteiger partial charge in [0.1, 0.15) is 11.5 Å². The fourth-order valence-corrected chi connectivity index (χ4v) is 1.51. The first-order valence-corrected chi connectivity index (χ1v) is 6.37. The fourth-order valence-electron chi connectivity index (χ4n) is 1.51. The van der Waals surface area contributed by atoms with Crippen molar-refractivity contribution < 1.29 is 23.8 Å². The van der Waals surface area contributed by atoms with Gasteiger partial charge in [-0.05, 0) is 24.3 Å². The number of nitrogens with one attached hydrogen (secondary N) is 1. The van der Waals surface area contributed by atoms with Crippen LogP contribution in [0.1, 0.15) is 5.56 Å². The molecule has 0 fully saturated rings. The highest BCUT2D eigenvalue weighted by Gasteiger charge is 2.05. The van der Waals surface area contributed by atoms with Crippen molar-refractivity contribution in [2.75, 3.05) is 27.4 Å². The number of methoxy groups -OCH3 is 2. The molecule has 6 nitrogen and oxygen atoms in total. The SMILES string of the molecule is C#CCNC(=O)COC(=O)/C=C/c1cc(OC)ccc1OC. The average Bonchev–Trinajstić information content (AvgIpc) is 2.55. The molecule has 0 aromatic heterocycles. The van der Waals surface area contributed by atoms with Gasteiger partial charge in [-0.3, -0.25) is 4.79 Å². The zero-order valence-electron chi connectivity index (χ0n) is 12.4. The Morgan fingerprint density at radius 3 is 2.73 bits per heavy atom. The summed E-state index contributed by atoms with van der Waals surface area (Å²) in [6, 6.07) is 5.17. The van der Waals surface area contributed by atoms with Crippen LogP contribution < -0.4 is 14.8 Å². The molecular weight excluding hydrogens is 286 g/mol. The molecule has 0 aliphatic rings. The van der Waals surface area contributed by atoms with Crippen molar-refractivity contribution in [3.63, 3.8) is 0 Å². The average molecular weight is 303 g/mol. The van der Waals surface area contributed by atoms with E-state index in [4.69, 9.17) is 20.6 Å². The van der Waals surface area contributed by atoms with Crippen molar-refractivity contribution in [2.45, 2.75) is 0 Å². The third-order valence-electron chi connectivity index (χ3n) is 2.57. The molecule has 1 amide bonds. The highest BCUT2D eigenvalue weighted by molar-refractivity contribution is 5.89. The van der Waals surface area contributed by atoms with E-state index >= 15 is 0 Å². The molecule has 6 heteroatoms. The van der Waals surface area contributed by atoms with Crippen LogP contribution in [-0.4, -0.2) is 39.2 Å². The second kappa shape index (κ2) is 9.08. The maximum Gasteiger partial charge on any atom is 0.331 e. The summed E-state index contributed by atoms with van der Waals surface area (Å²) in [5.74, 6) is 2.34. The predicted octanol–water partition coefficient (Wildman–Crippen LogP) is 1.01. The molecular formula is C16H17NO5. The van der Waals surface area contributed by atoms with Gasteiger partial charge in [0.2, 0.25) is 0 Å². The van der Waals surface area contributed by atoms with Gasteiger partial charge in [-0.1, -0.05) is 5.92 Å². The molecule has 116 valence electrons. The van der Waals surface area contributed by atoms with Gasteiger partial charge in [0.05, 0.1) is 20.8 Å². The molecule has 1 rings (SSSR count). The molecule has 0 aliphatic carbocycles. The molecule has 0 atom stereocenters. The summed E-state index contributed by atoms with van der Waals surface area (Å²) in [5.41, 5.74) is 0.649. The number of rotatable bonds is 7. The molecule has 0 bridgehead atoms. The normalized spacial score (nSPS) is 9.86. The van der Waals surface area contributed by atoms with E-state index in [0.717, 1.165) is 0 Å². The lowest BCUT2D eigenvalue weighted by atomic mass is 10.1. The number of esters is 1. The van der Waals surface area contributed by atoms with Crippen LogP contribution in [0, 0.1) is 12.3 Å². The van der Waals surface area contributed by atoms with E-state index in [0.29, 0.717) is 17.1 Å². The Labute approximate surface area is 129 Å². The number of hydrogen-bond donors (Lipinski definition) is 1. The van der Waals surface area contributed by atoms with Crippen molar-refractivity contribution in [3.05, 3.63) is 29.8 Å². The first-order chi connectivity index (χ1) is 10.6. The van der Waals surface area contributed by atoms with E-state index in [9.17, 15) is 9.59 Å². The van der Waals surface area contributed by atoms with Crippen molar-refractivity contribution in [1.82, 2.24) is 5.32 Å². The third-order valence-corrected chi connectivity index (χ3v) is 2.57. The lowest BCUT2D eigenvalue weighted by Crippen LogP contribution is -2.28. The van der Waals surface area contributed by atoms with Crippen LogP contribution in [0.15, 0.2) is 24.3 Å². The highest BCUT2D eigenvalue weighted by Crippen LogP contribution is 2.24. The van der Waals surface area contributed by atoms with E-state index in [1.54, 1.807) is 25.3 Å². The van der Waals surface area contributed by atoms with Gasteiger partial charge in [0, 0.05) is 11.6 Å². The van der Waals surface area contributed by atoms with E-state index < -0.39 is 11.9 Å². The van der Waals surface area contributed by atoms with Crippen LogP contribution in [0.4, 0.5) is 0 Å². The first-order valence-electron chi connectivity index (χ1n) is 6.37. The monoisotopic (exact) mass is 303 g/mol. The van der Waals surface area contributed by atoms with E-state index in [1.807, 2.05) is 0 Å². The molecule has 0 saturated carbocycles. The van der Waals surface area contributed by atoms with E-state index in [2.05, 4.69) is 11.2 Å². The van der Waals surface area contributed by atoms with Gasteiger partial charge in [0.15, 0.2) is 6.61 Å². The molecule has 0 radical (unpaired) electrons. The number of carbonyl (C=O) groups excluding carboxylic acids is 2. The summed E-state index contributed by atoms with van der Waals surface area (Å²) in [6.45, 7) is -0.298. The number of carbonyl (C=O) groups is 2. The maximum absolute atomic E-state index is 11.5. The van der Waals surface area contributed by atoms with Gasteiger partial charge in [0.25, 0.3) is 5.91 Å². The van der Waals surface area contributed by atoms with Gasteiger partial charge < -0.3 is 19.5 Å². The summed E-state index contributed by atoms with van der Waals surface area (Å²) in [6.07, 6.45) is 7.71. The zero-order chi connectivity index (χ0) is 16.4. The quantitative estimate of drug-likeness (QED) is 0.462. The second-order valence-electron chi connectivity index (χ2n) is 4.03. The Bertz CT molecular complexity index is 601. The van der Waals surface area contributed by atoms with Crippen LogP contribution in [0.2, 0.25) is 0 Å². The van der Waals surface area contributed by atoms with Crippen LogP contribution in [0.3, 0.4) is 0 Å². The maximum atomic E-state index is 11.5. The van der Waals surface area contributed by atoms with Crippen molar-refractivity contribution in [2.24, 2.45) is 0 Å². The van der Waals surface area contributed by atoms with Crippen molar-refractivity contribution >= 4 is 18.0 Å². The van der Waals surface area contributed by atoms with Crippen molar-refractivity contribution in [3.8, 4) is 23.8 Å². The summed E-state index contributed by atoms with van der Waals surface area (Å²) in [7, 11) is 3.06. The minimum atomic E-state index is -0.652. The smallest absolute Gasteiger partial charge is 0.331 e. The molecule has 0 spiro atoms. The predicted molar refractivity (Wildman–Crippen MR) is 81.4 cm³/mol. The Morgan fingerprint density at radius 1 is 1.32 bits per heavy atom. The summed E-state index contributed by atoms with van der Waals surface area (Å²) in [5, 5.41) is 2.38. The molecule has 0 saturated heterocycles. The van der Waals surface area contributed by atoms with E-state index in [-0.39, 0.29) is 13.2 Å². The van der Waals surface area contributed by atoms with Crippen LogP contribution in [-0.2, 0) is 14.3 Å². The third kappa shape index (κ3) is 5.59. The number of benzene rings is 1. The van der Waals surface area contributed by atoms with Gasteiger partial charge in [-0.25, -0.2) is 4.79 Å². The standard InChI is InChI=1S/C16H17NO5/c1-4-9-17-15(18)11-22-16(19)8-5-12-10-13(20-2)6-7-14(12)21-3/h1,5-8,10H,9,11H2,2-3H3,(H,17,18)/b8-5+. The summed E-state index contributed by atoms with van der Waals surface area (Å²) >= 11 is 0. The number of hydrogen-bond acceptors (Lipinski definition) is 5. The van der Waals surface area contributed by atoms with Gasteiger partial charge >= 0.3 is 5.97 Å². The summed E-state index contributed by atoms with van der Waals surface area (Å²) < 4.78 is 15.1. The molecule has 1 N–H and O–H groups in total. The van der Waals surface area contributed by atoms with Crippen LogP contribution in [0.5, 0.6) is 11.5 Å². The number of terminal acetylenes is 1. The molecule has 0 aliphatic heterocycles. The van der Waals surface area contributed by atoms with E-state index in [1.165, 1.54) is 19.3 Å². The Balaban J connectivity index is 2.62. The lowest BCUT2D eigenvalue weighted by molar-refractivity contribution is -0.143. The highest BCUT2D eigenvalue weighted by atomic mass is 16.5. The Morgan fingerprint density at radius 2 is 2.09 bits per heavy atom. The molecule has 0 unspecified atom stereocenters. The molecule has 1 aromatic rings. The van der Waals surface area contributed by atoms with Crippen molar-refractivity contribution in [1.29, 1.82) is 0 Å². The second-order valence-corrected chi connectivity index (χ2v) is 4.03. The Hall–Kier alpha value is -2.94. The number of ether oxygens (including phenoxy) is 3. The largest absolute Gasteiger partial charge is 0.497 e. The summed E-state index contributed by atoms with van der Waals surface area (Å²) in [4.78, 5) is 22.8. The van der Waals surface area contributed by atoms with Gasteiger partial charge in [-0.2, -0.15) is 0 Å². The minimum absolute atomic E-state index is 0.0905. The van der Waals surface area contributed by atoms with Crippen LogP contribution >= 0.6 is 0 Å². The molecule has 1 aromatic carbocycles. The topological polar surface area (TPSA) is 73.9 Å². The first kappa shape index (κ1) is 17.1.